The maximum atomic E-state index is 12.3. The first kappa shape index (κ1) is 15.4. The SMILES string of the molecule is O=C(Nc1cccc(Cl)c1N1CCOCC1)c1ccc(Br)o1. The molecule has 3 rings (SSSR count). The van der Waals surface area contributed by atoms with E-state index in [-0.39, 0.29) is 11.7 Å². The van der Waals surface area contributed by atoms with Crippen molar-refractivity contribution in [2.45, 2.75) is 0 Å². The molecule has 0 saturated carbocycles. The third kappa shape index (κ3) is 3.29. The third-order valence-corrected chi connectivity index (χ3v) is 4.09. The molecule has 2 aromatic rings. The summed E-state index contributed by atoms with van der Waals surface area (Å²) in [7, 11) is 0. The minimum atomic E-state index is -0.317. The van der Waals surface area contributed by atoms with Crippen molar-refractivity contribution in [1.29, 1.82) is 0 Å². The van der Waals surface area contributed by atoms with Crippen LogP contribution >= 0.6 is 27.5 Å². The van der Waals surface area contributed by atoms with Gasteiger partial charge in [-0.25, -0.2) is 0 Å². The number of furan rings is 1. The van der Waals surface area contributed by atoms with Gasteiger partial charge in [0, 0.05) is 13.1 Å². The van der Waals surface area contributed by atoms with Crippen LogP contribution in [-0.2, 0) is 4.74 Å². The van der Waals surface area contributed by atoms with Crippen molar-refractivity contribution < 1.29 is 13.9 Å². The second-order valence-corrected chi connectivity index (χ2v) is 5.98. The van der Waals surface area contributed by atoms with Gasteiger partial charge < -0.3 is 19.4 Å². The summed E-state index contributed by atoms with van der Waals surface area (Å²) in [6, 6.07) is 8.73. The topological polar surface area (TPSA) is 54.7 Å². The Kier molecular flexibility index (Phi) is 4.71. The molecule has 22 heavy (non-hydrogen) atoms. The zero-order valence-electron chi connectivity index (χ0n) is 11.6. The Morgan fingerprint density at radius 2 is 2.00 bits per heavy atom. The second kappa shape index (κ2) is 6.73. The lowest BCUT2D eigenvalue weighted by atomic mass is 10.2. The van der Waals surface area contributed by atoms with Crippen molar-refractivity contribution >= 4 is 44.8 Å². The van der Waals surface area contributed by atoms with Gasteiger partial charge in [0.1, 0.15) is 0 Å². The maximum Gasteiger partial charge on any atom is 0.291 e. The molecule has 1 aliphatic rings. The first-order chi connectivity index (χ1) is 10.6. The molecule has 0 bridgehead atoms. The van der Waals surface area contributed by atoms with E-state index in [1.54, 1.807) is 18.2 Å². The van der Waals surface area contributed by atoms with Crippen LogP contribution in [0, 0.1) is 0 Å². The van der Waals surface area contributed by atoms with Crippen LogP contribution in [0.4, 0.5) is 11.4 Å². The summed E-state index contributed by atoms with van der Waals surface area (Å²) >= 11 is 9.52. The molecule has 0 radical (unpaired) electrons. The molecule has 0 atom stereocenters. The Morgan fingerprint density at radius 1 is 1.23 bits per heavy atom. The number of halogens is 2. The quantitative estimate of drug-likeness (QED) is 0.873. The highest BCUT2D eigenvalue weighted by molar-refractivity contribution is 9.10. The summed E-state index contributed by atoms with van der Waals surface area (Å²) in [5.41, 5.74) is 1.47. The van der Waals surface area contributed by atoms with Crippen molar-refractivity contribution in [3.63, 3.8) is 0 Å². The number of carbonyl (C=O) groups excluding carboxylic acids is 1. The summed E-state index contributed by atoms with van der Waals surface area (Å²) in [5.74, 6) is -0.0812. The number of ether oxygens (including phenoxy) is 1. The Hall–Kier alpha value is -1.50. The van der Waals surface area contributed by atoms with Crippen LogP contribution in [0.25, 0.3) is 0 Å². The molecule has 1 amide bonds. The number of para-hydroxylation sites is 1. The molecule has 5 nitrogen and oxygen atoms in total. The number of amides is 1. The molecule has 2 heterocycles. The van der Waals surface area contributed by atoms with Gasteiger partial charge in [-0.15, -0.1) is 0 Å². The molecule has 1 aliphatic heterocycles. The van der Waals surface area contributed by atoms with E-state index in [1.165, 1.54) is 0 Å². The Morgan fingerprint density at radius 3 is 2.68 bits per heavy atom. The lowest BCUT2D eigenvalue weighted by molar-refractivity contribution is 0.0995. The predicted octanol–water partition coefficient (Wildman–Crippen LogP) is 3.78. The number of rotatable bonds is 3. The number of nitrogens with zero attached hydrogens (tertiary/aromatic N) is 1. The molecular formula is C15H14BrClN2O3. The largest absolute Gasteiger partial charge is 0.444 e. The van der Waals surface area contributed by atoms with Crippen molar-refractivity contribution in [3.8, 4) is 0 Å². The molecule has 0 aliphatic carbocycles. The number of carbonyl (C=O) groups is 1. The Labute approximate surface area is 141 Å². The van der Waals surface area contributed by atoms with Crippen LogP contribution < -0.4 is 10.2 Å². The predicted molar refractivity (Wildman–Crippen MR) is 88.8 cm³/mol. The number of hydrogen-bond acceptors (Lipinski definition) is 4. The van der Waals surface area contributed by atoms with Crippen LogP contribution in [-0.4, -0.2) is 32.2 Å². The monoisotopic (exact) mass is 384 g/mol. The van der Waals surface area contributed by atoms with E-state index in [1.807, 2.05) is 12.1 Å². The molecule has 1 aromatic heterocycles. The van der Waals surface area contributed by atoms with Crippen LogP contribution in [0.1, 0.15) is 10.6 Å². The van der Waals surface area contributed by atoms with E-state index in [9.17, 15) is 4.79 Å². The third-order valence-electron chi connectivity index (χ3n) is 3.36. The zero-order chi connectivity index (χ0) is 15.5. The summed E-state index contributed by atoms with van der Waals surface area (Å²) in [6.45, 7) is 2.76. The number of hydrogen-bond donors (Lipinski definition) is 1. The average molecular weight is 386 g/mol. The standard InChI is InChI=1S/C15H14BrClN2O3/c16-13-5-4-12(22-13)15(20)18-11-3-1-2-10(17)14(11)19-6-8-21-9-7-19/h1-5H,6-9H2,(H,18,20). The minimum Gasteiger partial charge on any atom is -0.444 e. The molecule has 1 saturated heterocycles. The van der Waals surface area contributed by atoms with Gasteiger partial charge in [-0.1, -0.05) is 17.7 Å². The minimum absolute atomic E-state index is 0.236. The van der Waals surface area contributed by atoms with Gasteiger partial charge in [0.2, 0.25) is 0 Å². The lowest BCUT2D eigenvalue weighted by Crippen LogP contribution is -2.37. The van der Waals surface area contributed by atoms with Gasteiger partial charge in [-0.3, -0.25) is 4.79 Å². The first-order valence-electron chi connectivity index (χ1n) is 6.83. The van der Waals surface area contributed by atoms with E-state index in [0.29, 0.717) is 28.6 Å². The van der Waals surface area contributed by atoms with Crippen molar-refractivity contribution in [3.05, 3.63) is 45.8 Å². The van der Waals surface area contributed by atoms with Crippen LogP contribution in [0.15, 0.2) is 39.4 Å². The molecular weight excluding hydrogens is 372 g/mol. The van der Waals surface area contributed by atoms with Gasteiger partial charge in [0.15, 0.2) is 10.4 Å². The average Bonchev–Trinajstić information content (AvgIpc) is 2.95. The molecule has 7 heteroatoms. The molecule has 0 spiro atoms. The number of anilines is 2. The first-order valence-corrected chi connectivity index (χ1v) is 8.00. The summed E-state index contributed by atoms with van der Waals surface area (Å²) in [6.07, 6.45) is 0. The Balaban J connectivity index is 1.86. The molecule has 1 aromatic carbocycles. The van der Waals surface area contributed by atoms with Gasteiger partial charge in [-0.05, 0) is 40.2 Å². The van der Waals surface area contributed by atoms with Crippen LogP contribution in [0.3, 0.4) is 0 Å². The summed E-state index contributed by atoms with van der Waals surface area (Å²) in [5, 5.41) is 3.46. The fourth-order valence-corrected chi connectivity index (χ4v) is 2.95. The second-order valence-electron chi connectivity index (χ2n) is 4.79. The number of benzene rings is 1. The van der Waals surface area contributed by atoms with Gasteiger partial charge in [0.25, 0.3) is 5.91 Å². The highest BCUT2D eigenvalue weighted by atomic mass is 79.9. The smallest absolute Gasteiger partial charge is 0.291 e. The molecule has 0 unspecified atom stereocenters. The highest BCUT2D eigenvalue weighted by Crippen LogP contribution is 2.34. The van der Waals surface area contributed by atoms with Crippen molar-refractivity contribution in [2.75, 3.05) is 36.5 Å². The number of nitrogens with one attached hydrogen (secondary N) is 1. The number of morpholine rings is 1. The van der Waals surface area contributed by atoms with Crippen LogP contribution in [0.5, 0.6) is 0 Å². The fraction of sp³-hybridized carbons (Fsp3) is 0.267. The zero-order valence-corrected chi connectivity index (χ0v) is 14.0. The van der Waals surface area contributed by atoms with E-state index in [4.69, 9.17) is 20.8 Å². The van der Waals surface area contributed by atoms with Crippen LogP contribution in [0.2, 0.25) is 5.02 Å². The van der Waals surface area contributed by atoms with E-state index in [2.05, 4.69) is 26.1 Å². The Bertz CT molecular complexity index is 683. The summed E-state index contributed by atoms with van der Waals surface area (Å²) in [4.78, 5) is 14.4. The van der Waals surface area contributed by atoms with Gasteiger partial charge in [-0.2, -0.15) is 0 Å². The van der Waals surface area contributed by atoms with Gasteiger partial charge >= 0.3 is 0 Å². The van der Waals surface area contributed by atoms with Crippen molar-refractivity contribution in [2.24, 2.45) is 0 Å². The van der Waals surface area contributed by atoms with Gasteiger partial charge in [0.05, 0.1) is 29.6 Å². The van der Waals surface area contributed by atoms with E-state index >= 15 is 0 Å². The fourth-order valence-electron chi connectivity index (χ4n) is 2.34. The van der Waals surface area contributed by atoms with Crippen molar-refractivity contribution in [1.82, 2.24) is 0 Å². The highest BCUT2D eigenvalue weighted by Gasteiger charge is 2.20. The van der Waals surface area contributed by atoms with E-state index in [0.717, 1.165) is 18.8 Å². The molecule has 116 valence electrons. The normalized spacial score (nSPS) is 14.9. The molecule has 1 N–H and O–H groups in total. The molecule has 1 fully saturated rings. The maximum absolute atomic E-state index is 12.3. The lowest BCUT2D eigenvalue weighted by Gasteiger charge is -2.31. The van der Waals surface area contributed by atoms with E-state index < -0.39 is 0 Å². The summed E-state index contributed by atoms with van der Waals surface area (Å²) < 4.78 is 11.1.